The molecular formula is C15H15N3O4S. The molecule has 120 valence electrons. The van der Waals surface area contributed by atoms with Gasteiger partial charge < -0.3 is 10.1 Å². The molecule has 0 bridgehead atoms. The van der Waals surface area contributed by atoms with Gasteiger partial charge >= 0.3 is 0 Å². The topological polar surface area (TPSA) is 97.4 Å². The quantitative estimate of drug-likeness (QED) is 0.894. The van der Waals surface area contributed by atoms with Crippen LogP contribution in [0.15, 0.2) is 41.4 Å². The SMILES string of the molecule is Cc1ncccc1NS(=O)(=O)c1ccc2c(c1)O[C@H](C)C(=O)N2. The van der Waals surface area contributed by atoms with Gasteiger partial charge in [-0.05, 0) is 38.1 Å². The van der Waals surface area contributed by atoms with Crippen LogP contribution in [0.25, 0.3) is 0 Å². The molecule has 7 nitrogen and oxygen atoms in total. The Bertz CT molecular complexity index is 880. The number of hydrogen-bond acceptors (Lipinski definition) is 5. The van der Waals surface area contributed by atoms with Crippen LogP contribution in [0.4, 0.5) is 11.4 Å². The van der Waals surface area contributed by atoms with Crippen molar-refractivity contribution in [3.8, 4) is 5.75 Å². The van der Waals surface area contributed by atoms with E-state index in [2.05, 4.69) is 15.0 Å². The van der Waals surface area contributed by atoms with E-state index in [1.807, 2.05) is 0 Å². The van der Waals surface area contributed by atoms with E-state index in [-0.39, 0.29) is 10.8 Å². The molecule has 1 aromatic heterocycles. The van der Waals surface area contributed by atoms with Crippen molar-refractivity contribution in [1.29, 1.82) is 0 Å². The van der Waals surface area contributed by atoms with Crippen molar-refractivity contribution >= 4 is 27.3 Å². The summed E-state index contributed by atoms with van der Waals surface area (Å²) in [5.74, 6) is 0.0556. The lowest BCUT2D eigenvalue weighted by atomic mass is 10.2. The number of amides is 1. The van der Waals surface area contributed by atoms with E-state index in [0.29, 0.717) is 22.8 Å². The maximum absolute atomic E-state index is 12.5. The Labute approximate surface area is 133 Å². The molecule has 0 fully saturated rings. The molecule has 0 saturated carbocycles. The number of aryl methyl sites for hydroxylation is 1. The van der Waals surface area contributed by atoms with Crippen molar-refractivity contribution in [3.05, 3.63) is 42.2 Å². The summed E-state index contributed by atoms with van der Waals surface area (Å²) in [6, 6.07) is 7.59. The number of pyridine rings is 1. The van der Waals surface area contributed by atoms with Gasteiger partial charge in [0.1, 0.15) is 5.75 Å². The predicted molar refractivity (Wildman–Crippen MR) is 84.9 cm³/mol. The molecule has 8 heteroatoms. The van der Waals surface area contributed by atoms with Gasteiger partial charge in [-0.25, -0.2) is 8.42 Å². The van der Waals surface area contributed by atoms with E-state index in [1.165, 1.54) is 18.2 Å². The Morgan fingerprint density at radius 3 is 2.83 bits per heavy atom. The number of nitrogens with zero attached hydrogens (tertiary/aromatic N) is 1. The summed E-state index contributed by atoms with van der Waals surface area (Å²) in [5.41, 5.74) is 1.43. The largest absolute Gasteiger partial charge is 0.479 e. The molecule has 1 aliphatic rings. The Balaban J connectivity index is 1.94. The number of carbonyl (C=O) groups is 1. The number of rotatable bonds is 3. The minimum Gasteiger partial charge on any atom is -0.479 e. The zero-order chi connectivity index (χ0) is 16.6. The van der Waals surface area contributed by atoms with Crippen molar-refractivity contribution in [2.45, 2.75) is 24.8 Å². The first-order valence-electron chi connectivity index (χ1n) is 6.93. The molecule has 0 aliphatic carbocycles. The summed E-state index contributed by atoms with van der Waals surface area (Å²) in [6.45, 7) is 3.31. The molecule has 2 heterocycles. The molecule has 0 saturated heterocycles. The lowest BCUT2D eigenvalue weighted by Gasteiger charge is -2.23. The normalized spacial score (nSPS) is 17.0. The minimum atomic E-state index is -3.78. The van der Waals surface area contributed by atoms with E-state index < -0.39 is 16.1 Å². The summed E-state index contributed by atoms with van der Waals surface area (Å²) in [7, 11) is -3.78. The van der Waals surface area contributed by atoms with Crippen molar-refractivity contribution in [1.82, 2.24) is 4.98 Å². The number of fused-ring (bicyclic) bond motifs is 1. The van der Waals surface area contributed by atoms with Crippen molar-refractivity contribution in [2.75, 3.05) is 10.0 Å². The molecule has 0 radical (unpaired) electrons. The predicted octanol–water partition coefficient (Wildman–Crippen LogP) is 1.91. The number of nitrogens with one attached hydrogen (secondary N) is 2. The average molecular weight is 333 g/mol. The van der Waals surface area contributed by atoms with Crippen LogP contribution < -0.4 is 14.8 Å². The third kappa shape index (κ3) is 2.98. The molecule has 1 aliphatic heterocycles. The van der Waals surface area contributed by atoms with Gasteiger partial charge in [-0.2, -0.15) is 0 Å². The van der Waals surface area contributed by atoms with Crippen molar-refractivity contribution in [3.63, 3.8) is 0 Å². The first-order valence-corrected chi connectivity index (χ1v) is 8.41. The summed E-state index contributed by atoms with van der Waals surface area (Å²) < 4.78 is 32.9. The highest BCUT2D eigenvalue weighted by Crippen LogP contribution is 2.32. The Kier molecular flexibility index (Phi) is 3.69. The van der Waals surface area contributed by atoms with Crippen molar-refractivity contribution in [2.24, 2.45) is 0 Å². The standard InChI is InChI=1S/C15H15N3O4S/c1-9-12(4-3-7-16-9)18-23(20,21)11-5-6-13-14(8-11)22-10(2)15(19)17-13/h3-8,10,18H,1-2H3,(H,17,19)/t10-/m1/s1. The molecule has 2 aromatic rings. The van der Waals surface area contributed by atoms with Gasteiger partial charge in [0.15, 0.2) is 6.10 Å². The second-order valence-electron chi connectivity index (χ2n) is 5.15. The second kappa shape index (κ2) is 5.54. The molecule has 0 unspecified atom stereocenters. The van der Waals surface area contributed by atoms with E-state index >= 15 is 0 Å². The van der Waals surface area contributed by atoms with Crippen LogP contribution in [0.3, 0.4) is 0 Å². The van der Waals surface area contributed by atoms with Gasteiger partial charge in [0.25, 0.3) is 15.9 Å². The number of aromatic nitrogens is 1. The Hall–Kier alpha value is -2.61. The Morgan fingerprint density at radius 1 is 1.30 bits per heavy atom. The molecule has 1 aromatic carbocycles. The number of ether oxygens (including phenoxy) is 1. The van der Waals surface area contributed by atoms with Gasteiger partial charge in [-0.15, -0.1) is 0 Å². The maximum atomic E-state index is 12.5. The Morgan fingerprint density at radius 2 is 2.09 bits per heavy atom. The number of benzene rings is 1. The zero-order valence-electron chi connectivity index (χ0n) is 12.5. The van der Waals surface area contributed by atoms with Gasteiger partial charge in [0.2, 0.25) is 0 Å². The minimum absolute atomic E-state index is 0.0443. The maximum Gasteiger partial charge on any atom is 0.265 e. The van der Waals surface area contributed by atoms with Crippen LogP contribution in [-0.2, 0) is 14.8 Å². The van der Waals surface area contributed by atoms with Crippen LogP contribution in [0.1, 0.15) is 12.6 Å². The highest BCUT2D eigenvalue weighted by molar-refractivity contribution is 7.92. The molecule has 1 atom stereocenters. The molecule has 23 heavy (non-hydrogen) atoms. The number of anilines is 2. The first kappa shape index (κ1) is 15.3. The van der Waals surface area contributed by atoms with Crippen LogP contribution in [0.5, 0.6) is 5.75 Å². The van der Waals surface area contributed by atoms with Crippen LogP contribution >= 0.6 is 0 Å². The fourth-order valence-electron chi connectivity index (χ4n) is 2.14. The summed E-state index contributed by atoms with van der Waals surface area (Å²) in [4.78, 5) is 15.6. The first-order chi connectivity index (χ1) is 10.9. The van der Waals surface area contributed by atoms with Gasteiger partial charge in [0, 0.05) is 12.3 Å². The number of hydrogen-bond donors (Lipinski definition) is 2. The van der Waals surface area contributed by atoms with Crippen LogP contribution in [-0.4, -0.2) is 25.4 Å². The molecule has 0 spiro atoms. The fourth-order valence-corrected chi connectivity index (χ4v) is 3.28. The van der Waals surface area contributed by atoms with Crippen LogP contribution in [0.2, 0.25) is 0 Å². The van der Waals surface area contributed by atoms with Gasteiger partial charge in [0.05, 0.1) is 22.0 Å². The number of sulfonamides is 1. The third-order valence-corrected chi connectivity index (χ3v) is 4.81. The smallest absolute Gasteiger partial charge is 0.265 e. The monoisotopic (exact) mass is 333 g/mol. The third-order valence-electron chi connectivity index (χ3n) is 3.45. The zero-order valence-corrected chi connectivity index (χ0v) is 13.3. The lowest BCUT2D eigenvalue weighted by Crippen LogP contribution is -2.34. The average Bonchev–Trinajstić information content (AvgIpc) is 2.50. The molecule has 2 N–H and O–H groups in total. The molecule has 1 amide bonds. The summed E-state index contributed by atoms with van der Waals surface area (Å²) >= 11 is 0. The van der Waals surface area contributed by atoms with Crippen LogP contribution in [0, 0.1) is 6.92 Å². The van der Waals surface area contributed by atoms with Gasteiger partial charge in [-0.3, -0.25) is 14.5 Å². The summed E-state index contributed by atoms with van der Waals surface area (Å²) in [6.07, 6.45) is 0.915. The fraction of sp³-hybridized carbons (Fsp3) is 0.200. The van der Waals surface area contributed by atoms with Crippen molar-refractivity contribution < 1.29 is 17.9 Å². The summed E-state index contributed by atoms with van der Waals surface area (Å²) in [5, 5.41) is 2.66. The second-order valence-corrected chi connectivity index (χ2v) is 6.83. The highest BCUT2D eigenvalue weighted by atomic mass is 32.2. The lowest BCUT2D eigenvalue weighted by molar-refractivity contribution is -0.122. The van der Waals surface area contributed by atoms with E-state index in [4.69, 9.17) is 4.74 Å². The van der Waals surface area contributed by atoms with E-state index in [9.17, 15) is 13.2 Å². The molecule has 3 rings (SSSR count). The van der Waals surface area contributed by atoms with E-state index in [0.717, 1.165) is 0 Å². The van der Waals surface area contributed by atoms with Gasteiger partial charge in [-0.1, -0.05) is 0 Å². The molecular weight excluding hydrogens is 318 g/mol. The highest BCUT2D eigenvalue weighted by Gasteiger charge is 2.25. The van der Waals surface area contributed by atoms with E-state index in [1.54, 1.807) is 32.2 Å². The number of carbonyl (C=O) groups excluding carboxylic acids is 1.